The summed E-state index contributed by atoms with van der Waals surface area (Å²) in [5, 5.41) is 19.9. The van der Waals surface area contributed by atoms with Crippen molar-refractivity contribution in [2.45, 2.75) is 52.7 Å². The van der Waals surface area contributed by atoms with Crippen LogP contribution in [-0.2, 0) is 18.1 Å². The van der Waals surface area contributed by atoms with Crippen molar-refractivity contribution in [3.63, 3.8) is 0 Å². The molecular weight excluding hydrogens is 463 g/mol. The number of phenolic OH excluding ortho intramolecular Hbond substituents is 2. The first-order valence-corrected chi connectivity index (χ1v) is 12.0. The molecule has 0 saturated carbocycles. The predicted octanol–water partition coefficient (Wildman–Crippen LogP) is 5.96. The molecule has 34 heavy (non-hydrogen) atoms. The van der Waals surface area contributed by atoms with Crippen LogP contribution in [0, 0.1) is 0 Å². The van der Waals surface area contributed by atoms with E-state index < -0.39 is 31.2 Å². The molecule has 2 aromatic carbocycles. The van der Waals surface area contributed by atoms with E-state index in [4.69, 9.17) is 22.7 Å². The Morgan fingerprint density at radius 2 is 1.53 bits per heavy atom. The second-order valence-electron chi connectivity index (χ2n) is 9.59. The Balaban J connectivity index is 1.83. The molecule has 0 aliphatic carbocycles. The molecule has 0 aliphatic heterocycles. The number of phosphoric acid groups is 1. The number of rotatable bonds is 7. The van der Waals surface area contributed by atoms with Crippen LogP contribution in [0.5, 0.6) is 17.2 Å². The fourth-order valence-corrected chi connectivity index (χ4v) is 4.70. The summed E-state index contributed by atoms with van der Waals surface area (Å²) in [7, 11) is -3.99. The molecule has 0 saturated heterocycles. The molecule has 0 aliphatic rings. The zero-order chi connectivity index (χ0) is 25.3. The molecule has 0 amide bonds. The van der Waals surface area contributed by atoms with E-state index in [1.165, 1.54) is 30.5 Å². The monoisotopic (exact) mass is 492 g/mol. The first kappa shape index (κ1) is 25.8. The highest BCUT2D eigenvalue weighted by Crippen LogP contribution is 2.55. The van der Waals surface area contributed by atoms with Crippen LogP contribution < -0.4 is 10.2 Å². The first-order chi connectivity index (χ1) is 15.7. The quantitative estimate of drug-likeness (QED) is 0.303. The highest BCUT2D eigenvalue weighted by atomic mass is 31.2. The summed E-state index contributed by atoms with van der Waals surface area (Å²) in [5.74, 6) is -0.184. The van der Waals surface area contributed by atoms with Crippen LogP contribution >= 0.6 is 7.82 Å². The van der Waals surface area contributed by atoms with Crippen LogP contribution in [0.4, 0.5) is 0 Å². The van der Waals surface area contributed by atoms with Gasteiger partial charge in [-0.1, -0.05) is 12.1 Å². The summed E-state index contributed by atoms with van der Waals surface area (Å²) in [6, 6.07) is 8.65. The Morgan fingerprint density at radius 1 is 0.941 bits per heavy atom. The SMILES string of the molecule is CC(C)(C)OP(=O)(OCOc1cc(O)c2c(=O)c(-c3ccc(O)cc3)coc2c1)OC(C)(C)C. The van der Waals surface area contributed by atoms with Crippen LogP contribution in [0.15, 0.2) is 51.9 Å². The van der Waals surface area contributed by atoms with Crippen molar-refractivity contribution in [1.82, 2.24) is 0 Å². The molecule has 1 aromatic heterocycles. The molecule has 3 rings (SSSR count). The average Bonchev–Trinajstić information content (AvgIpc) is 2.65. The van der Waals surface area contributed by atoms with Crippen molar-refractivity contribution in [2.75, 3.05) is 6.79 Å². The molecule has 0 unspecified atom stereocenters. The van der Waals surface area contributed by atoms with E-state index in [1.54, 1.807) is 53.7 Å². The van der Waals surface area contributed by atoms with Gasteiger partial charge in [0, 0.05) is 12.1 Å². The molecule has 0 bridgehead atoms. The van der Waals surface area contributed by atoms with Gasteiger partial charge in [0.25, 0.3) is 0 Å². The van der Waals surface area contributed by atoms with E-state index in [0.717, 1.165) is 0 Å². The molecular formula is C24H29O9P. The van der Waals surface area contributed by atoms with Crippen molar-refractivity contribution in [2.24, 2.45) is 0 Å². The Bertz CT molecular complexity index is 1250. The average molecular weight is 492 g/mol. The van der Waals surface area contributed by atoms with Crippen LogP contribution in [0.1, 0.15) is 41.5 Å². The predicted molar refractivity (Wildman–Crippen MR) is 127 cm³/mol. The summed E-state index contributed by atoms with van der Waals surface area (Å²) in [6.07, 6.45) is 1.26. The third-order valence-electron chi connectivity index (χ3n) is 4.22. The molecule has 0 fully saturated rings. The van der Waals surface area contributed by atoms with Gasteiger partial charge in [0.1, 0.15) is 34.5 Å². The van der Waals surface area contributed by atoms with Crippen LogP contribution in [0.3, 0.4) is 0 Å². The van der Waals surface area contributed by atoms with Crippen molar-refractivity contribution < 1.29 is 37.5 Å². The van der Waals surface area contributed by atoms with Crippen molar-refractivity contribution >= 4 is 18.8 Å². The lowest BCUT2D eigenvalue weighted by atomic mass is 10.0. The second-order valence-corrected chi connectivity index (χ2v) is 11.1. The topological polar surface area (TPSA) is 125 Å². The Hall–Kier alpha value is -2.84. The van der Waals surface area contributed by atoms with Gasteiger partial charge in [-0.3, -0.25) is 13.8 Å². The van der Waals surface area contributed by atoms with E-state index in [-0.39, 0.29) is 33.8 Å². The molecule has 10 heteroatoms. The number of phenols is 2. The van der Waals surface area contributed by atoms with Gasteiger partial charge >= 0.3 is 7.82 Å². The maximum atomic E-state index is 13.1. The third kappa shape index (κ3) is 6.61. The number of fused-ring (bicyclic) bond motifs is 1. The number of ether oxygens (including phenoxy) is 1. The molecule has 0 spiro atoms. The minimum atomic E-state index is -3.99. The number of hydrogen-bond acceptors (Lipinski definition) is 9. The Labute approximate surface area is 197 Å². The lowest BCUT2D eigenvalue weighted by Gasteiger charge is -2.30. The van der Waals surface area contributed by atoms with E-state index in [0.29, 0.717) is 5.56 Å². The fraction of sp³-hybridized carbons (Fsp3) is 0.375. The molecule has 9 nitrogen and oxygen atoms in total. The summed E-state index contributed by atoms with van der Waals surface area (Å²) >= 11 is 0. The molecule has 184 valence electrons. The Morgan fingerprint density at radius 3 is 2.09 bits per heavy atom. The smallest absolute Gasteiger partial charge is 0.478 e. The summed E-state index contributed by atoms with van der Waals surface area (Å²) in [4.78, 5) is 12.9. The van der Waals surface area contributed by atoms with Gasteiger partial charge < -0.3 is 19.4 Å². The minimum absolute atomic E-state index is 0.0309. The van der Waals surface area contributed by atoms with Gasteiger partial charge in [-0.25, -0.2) is 9.09 Å². The summed E-state index contributed by atoms with van der Waals surface area (Å²) in [6.45, 7) is 9.77. The largest absolute Gasteiger partial charge is 0.508 e. The number of benzene rings is 2. The molecule has 0 radical (unpaired) electrons. The van der Waals surface area contributed by atoms with Gasteiger partial charge in [-0.2, -0.15) is 0 Å². The maximum Gasteiger partial charge on any atom is 0.478 e. The maximum absolute atomic E-state index is 13.1. The van der Waals surface area contributed by atoms with Crippen molar-refractivity contribution in [3.8, 4) is 28.4 Å². The second kappa shape index (κ2) is 9.43. The normalized spacial score (nSPS) is 12.8. The molecule has 2 N–H and O–H groups in total. The standard InChI is InChI=1S/C24H29O9P/c1-23(2,3)32-34(28,33-24(4,5)6)31-14-30-17-11-19(26)21-20(12-17)29-13-18(22(21)27)15-7-9-16(25)10-8-15/h7-13,25-26H,14H2,1-6H3. The van der Waals surface area contributed by atoms with Gasteiger partial charge in [-0.15, -0.1) is 0 Å². The van der Waals surface area contributed by atoms with E-state index in [1.807, 2.05) is 0 Å². The van der Waals surface area contributed by atoms with Gasteiger partial charge in [-0.05, 0) is 59.2 Å². The molecule has 3 aromatic rings. The highest BCUT2D eigenvalue weighted by Gasteiger charge is 2.37. The van der Waals surface area contributed by atoms with Gasteiger partial charge in [0.05, 0.1) is 16.8 Å². The molecule has 1 heterocycles. The van der Waals surface area contributed by atoms with Crippen molar-refractivity contribution in [1.29, 1.82) is 0 Å². The number of hydrogen-bond donors (Lipinski definition) is 2. The van der Waals surface area contributed by atoms with E-state index in [2.05, 4.69) is 0 Å². The van der Waals surface area contributed by atoms with Crippen molar-refractivity contribution in [3.05, 3.63) is 52.9 Å². The lowest BCUT2D eigenvalue weighted by molar-refractivity contribution is -0.0189. The first-order valence-electron chi connectivity index (χ1n) is 10.5. The van der Waals surface area contributed by atoms with E-state index >= 15 is 0 Å². The van der Waals surface area contributed by atoms with Gasteiger partial charge in [0.2, 0.25) is 5.43 Å². The molecule has 0 atom stereocenters. The minimum Gasteiger partial charge on any atom is -0.508 e. The lowest BCUT2D eigenvalue weighted by Crippen LogP contribution is -2.25. The van der Waals surface area contributed by atoms with Crippen LogP contribution in [0.2, 0.25) is 0 Å². The zero-order valence-electron chi connectivity index (χ0n) is 19.9. The highest BCUT2D eigenvalue weighted by molar-refractivity contribution is 7.48. The summed E-state index contributed by atoms with van der Waals surface area (Å²) in [5.41, 5.74) is -1.23. The number of phosphoric ester groups is 1. The Kier molecular flexibility index (Phi) is 7.15. The number of aromatic hydroxyl groups is 2. The zero-order valence-corrected chi connectivity index (χ0v) is 20.8. The third-order valence-corrected chi connectivity index (χ3v) is 6.18. The van der Waals surface area contributed by atoms with Gasteiger partial charge in [0.15, 0.2) is 6.79 Å². The van der Waals surface area contributed by atoms with Crippen LogP contribution in [0.25, 0.3) is 22.1 Å². The van der Waals surface area contributed by atoms with Crippen LogP contribution in [-0.4, -0.2) is 28.2 Å². The van der Waals surface area contributed by atoms with E-state index in [9.17, 15) is 19.6 Å². The fourth-order valence-electron chi connectivity index (χ4n) is 3.03. The summed E-state index contributed by atoms with van der Waals surface area (Å²) < 4.78 is 40.5.